The zero-order valence-electron chi connectivity index (χ0n) is 20.6. The summed E-state index contributed by atoms with van der Waals surface area (Å²) in [4.78, 5) is 31.8. The van der Waals surface area contributed by atoms with Gasteiger partial charge in [0.1, 0.15) is 0 Å². The standard InChI is InChI=1S/C29H27N5O3S/c35-26(31-29-14-12-28(18-29,13-15-29)27(36)34-37)22-6-1-2-7-25(22)38-20-9-10-21-23(32-33-24(21)17-20)11-8-19-5-3-4-16-30-19/h1-11,16-17,37H,12-15,18H2,(H,31,35)(H,32,33)(H,34,36)/b11-8+. The van der Waals surface area contributed by atoms with Crippen LogP contribution in [0.3, 0.4) is 0 Å². The molecule has 192 valence electrons. The smallest absolute Gasteiger partial charge is 0.252 e. The molecule has 2 aliphatic rings. The number of benzene rings is 2. The van der Waals surface area contributed by atoms with E-state index in [1.807, 2.05) is 78.3 Å². The van der Waals surface area contributed by atoms with Gasteiger partial charge in [0.15, 0.2) is 0 Å². The minimum Gasteiger partial charge on any atom is -0.347 e. The zero-order valence-corrected chi connectivity index (χ0v) is 21.4. The van der Waals surface area contributed by atoms with Crippen molar-refractivity contribution in [1.29, 1.82) is 0 Å². The number of hydrogen-bond donors (Lipinski definition) is 4. The van der Waals surface area contributed by atoms with E-state index >= 15 is 0 Å². The number of nitrogens with one attached hydrogen (secondary N) is 3. The van der Waals surface area contributed by atoms with Crippen LogP contribution in [0.4, 0.5) is 0 Å². The van der Waals surface area contributed by atoms with Gasteiger partial charge in [0, 0.05) is 26.9 Å². The van der Waals surface area contributed by atoms with Crippen LogP contribution >= 0.6 is 11.8 Å². The average Bonchev–Trinajstić information content (AvgIpc) is 3.64. The number of carbonyl (C=O) groups is 2. The fourth-order valence-corrected chi connectivity index (χ4v) is 6.82. The fourth-order valence-electron chi connectivity index (χ4n) is 5.83. The average molecular weight is 526 g/mol. The summed E-state index contributed by atoms with van der Waals surface area (Å²) in [6.45, 7) is 0. The van der Waals surface area contributed by atoms with Crippen LogP contribution in [0.1, 0.15) is 53.8 Å². The molecule has 8 nitrogen and oxygen atoms in total. The first kappa shape index (κ1) is 24.4. The zero-order chi connectivity index (χ0) is 26.2. The second-order valence-corrected chi connectivity index (χ2v) is 11.3. The molecule has 2 aliphatic carbocycles. The minimum atomic E-state index is -0.582. The Morgan fingerprint density at radius 3 is 2.61 bits per heavy atom. The van der Waals surface area contributed by atoms with Crippen LogP contribution in [0.25, 0.3) is 23.1 Å². The molecule has 2 heterocycles. The predicted octanol–water partition coefficient (Wildman–Crippen LogP) is 5.22. The molecule has 0 spiro atoms. The molecule has 6 rings (SSSR count). The van der Waals surface area contributed by atoms with E-state index in [1.54, 1.807) is 6.20 Å². The van der Waals surface area contributed by atoms with Gasteiger partial charge in [-0.25, -0.2) is 5.48 Å². The van der Waals surface area contributed by atoms with Crippen molar-refractivity contribution in [2.24, 2.45) is 5.41 Å². The van der Waals surface area contributed by atoms with E-state index in [9.17, 15) is 14.8 Å². The first-order valence-corrected chi connectivity index (χ1v) is 13.4. The normalized spacial score (nSPS) is 22.2. The van der Waals surface area contributed by atoms with Crippen molar-refractivity contribution < 1.29 is 14.8 Å². The third kappa shape index (κ3) is 4.48. The van der Waals surface area contributed by atoms with Crippen LogP contribution < -0.4 is 10.8 Å². The van der Waals surface area contributed by atoms with Crippen molar-refractivity contribution in [3.63, 3.8) is 0 Å². The SMILES string of the molecule is O=C(NC12CCC(C(=O)NO)(CC1)C2)c1ccccc1Sc1ccc2c(/C=C/c3ccccn3)n[nH]c2c1. The van der Waals surface area contributed by atoms with Crippen LogP contribution in [0, 0.1) is 5.41 Å². The fraction of sp³-hybridized carbons (Fsp3) is 0.241. The molecular formula is C29H27N5O3S. The van der Waals surface area contributed by atoms with Gasteiger partial charge in [-0.2, -0.15) is 5.10 Å². The number of rotatable bonds is 7. The Morgan fingerprint density at radius 2 is 1.82 bits per heavy atom. The number of carbonyl (C=O) groups excluding carboxylic acids is 2. The summed E-state index contributed by atoms with van der Waals surface area (Å²) < 4.78 is 0. The van der Waals surface area contributed by atoms with Crippen molar-refractivity contribution >= 4 is 46.6 Å². The van der Waals surface area contributed by atoms with Crippen molar-refractivity contribution in [2.45, 2.75) is 47.4 Å². The summed E-state index contributed by atoms with van der Waals surface area (Å²) >= 11 is 1.53. The van der Waals surface area contributed by atoms with Crippen LogP contribution in [-0.2, 0) is 4.79 Å². The van der Waals surface area contributed by atoms with E-state index in [1.165, 1.54) is 11.8 Å². The molecule has 2 amide bonds. The van der Waals surface area contributed by atoms with Crippen molar-refractivity contribution in [3.05, 3.63) is 83.8 Å². The third-order valence-corrected chi connectivity index (χ3v) is 8.89. The van der Waals surface area contributed by atoms with Crippen LogP contribution in [0.5, 0.6) is 0 Å². The lowest BCUT2D eigenvalue weighted by Crippen LogP contribution is -2.45. The Labute approximate surface area is 223 Å². The quantitative estimate of drug-likeness (QED) is 0.194. The van der Waals surface area contributed by atoms with Gasteiger partial charge in [0.05, 0.1) is 27.9 Å². The highest BCUT2D eigenvalue weighted by Gasteiger charge is 2.58. The molecule has 0 unspecified atom stereocenters. The Kier molecular flexibility index (Phi) is 6.25. The minimum absolute atomic E-state index is 0.139. The molecule has 2 saturated carbocycles. The first-order chi connectivity index (χ1) is 18.5. The highest BCUT2D eigenvalue weighted by molar-refractivity contribution is 7.99. The third-order valence-electron chi connectivity index (χ3n) is 7.83. The second-order valence-electron chi connectivity index (χ2n) is 10.1. The predicted molar refractivity (Wildman–Crippen MR) is 145 cm³/mol. The number of aromatic amines is 1. The Bertz CT molecular complexity index is 1540. The number of fused-ring (bicyclic) bond motifs is 3. The van der Waals surface area contributed by atoms with Gasteiger partial charge in [-0.3, -0.25) is 24.9 Å². The Morgan fingerprint density at radius 1 is 1.00 bits per heavy atom. The molecular weight excluding hydrogens is 498 g/mol. The summed E-state index contributed by atoms with van der Waals surface area (Å²) in [6.07, 6.45) is 8.98. The van der Waals surface area contributed by atoms with Crippen molar-refractivity contribution in [3.8, 4) is 0 Å². The summed E-state index contributed by atoms with van der Waals surface area (Å²) in [5.74, 6) is -0.480. The maximum atomic E-state index is 13.4. The number of hydrogen-bond acceptors (Lipinski definition) is 6. The monoisotopic (exact) mass is 525 g/mol. The molecule has 0 aliphatic heterocycles. The van der Waals surface area contributed by atoms with Crippen LogP contribution in [-0.4, -0.2) is 37.7 Å². The lowest BCUT2D eigenvalue weighted by atomic mass is 9.83. The molecule has 0 atom stereocenters. The summed E-state index contributed by atoms with van der Waals surface area (Å²) in [5, 5.41) is 21.0. The van der Waals surface area contributed by atoms with Gasteiger partial charge in [-0.05, 0) is 86.7 Å². The molecule has 2 bridgehead atoms. The maximum Gasteiger partial charge on any atom is 0.252 e. The number of pyridine rings is 1. The molecule has 0 radical (unpaired) electrons. The molecule has 2 aromatic heterocycles. The van der Waals surface area contributed by atoms with E-state index in [4.69, 9.17) is 0 Å². The molecule has 4 N–H and O–H groups in total. The summed E-state index contributed by atoms with van der Waals surface area (Å²) in [7, 11) is 0. The van der Waals surface area contributed by atoms with E-state index in [2.05, 4.69) is 20.5 Å². The van der Waals surface area contributed by atoms with E-state index in [-0.39, 0.29) is 11.8 Å². The maximum absolute atomic E-state index is 13.4. The Balaban J connectivity index is 1.19. The first-order valence-electron chi connectivity index (χ1n) is 12.6. The molecule has 2 aromatic carbocycles. The van der Waals surface area contributed by atoms with Gasteiger partial charge in [0.2, 0.25) is 5.91 Å². The van der Waals surface area contributed by atoms with E-state index in [0.29, 0.717) is 24.8 Å². The number of H-pyrrole nitrogens is 1. The number of nitrogens with zero attached hydrogens (tertiary/aromatic N) is 2. The molecule has 4 aromatic rings. The molecule has 38 heavy (non-hydrogen) atoms. The van der Waals surface area contributed by atoms with Gasteiger partial charge in [0.25, 0.3) is 5.91 Å². The van der Waals surface area contributed by atoms with Gasteiger partial charge in [-0.15, -0.1) is 0 Å². The lowest BCUT2D eigenvalue weighted by molar-refractivity contribution is -0.139. The molecule has 0 saturated heterocycles. The number of aromatic nitrogens is 3. The van der Waals surface area contributed by atoms with Crippen molar-refractivity contribution in [1.82, 2.24) is 26.0 Å². The van der Waals surface area contributed by atoms with Crippen molar-refractivity contribution in [2.75, 3.05) is 0 Å². The van der Waals surface area contributed by atoms with Gasteiger partial charge >= 0.3 is 0 Å². The largest absolute Gasteiger partial charge is 0.347 e. The topological polar surface area (TPSA) is 120 Å². The van der Waals surface area contributed by atoms with Gasteiger partial charge in [-0.1, -0.05) is 30.0 Å². The number of amides is 2. The van der Waals surface area contributed by atoms with Gasteiger partial charge < -0.3 is 5.32 Å². The Hall–Kier alpha value is -3.95. The van der Waals surface area contributed by atoms with Crippen LogP contribution in [0.15, 0.2) is 76.7 Å². The van der Waals surface area contributed by atoms with E-state index < -0.39 is 11.0 Å². The number of hydroxylamine groups is 1. The highest BCUT2D eigenvalue weighted by atomic mass is 32.2. The molecule has 2 fully saturated rings. The molecule has 9 heteroatoms. The lowest BCUT2D eigenvalue weighted by Gasteiger charge is -2.28. The van der Waals surface area contributed by atoms with Crippen LogP contribution in [0.2, 0.25) is 0 Å². The summed E-state index contributed by atoms with van der Waals surface area (Å²) in [6, 6.07) is 19.4. The highest BCUT2D eigenvalue weighted by Crippen LogP contribution is 2.56. The van der Waals surface area contributed by atoms with E-state index in [0.717, 1.165) is 44.9 Å². The summed E-state index contributed by atoms with van der Waals surface area (Å²) in [5.41, 5.74) is 4.04. The second kappa shape index (κ2) is 9.74.